The number of hydrogen-bond donors (Lipinski definition) is 1. The average molecular weight is 414 g/mol. The molecule has 4 nitrogen and oxygen atoms in total. The van der Waals surface area contributed by atoms with Crippen LogP contribution < -0.4 is 35.3 Å². The minimum absolute atomic E-state index is 0. The van der Waals surface area contributed by atoms with Gasteiger partial charge in [0.2, 0.25) is 0 Å². The molecular formula is C21H44NNaO3S. The molecule has 0 fully saturated rings. The van der Waals surface area contributed by atoms with Gasteiger partial charge in [-0.1, -0.05) is 83.3 Å². The molecule has 1 unspecified atom stereocenters. The predicted molar refractivity (Wildman–Crippen MR) is 114 cm³/mol. The summed E-state index contributed by atoms with van der Waals surface area (Å²) in [6.07, 6.45) is 23.3. The first kappa shape index (κ1) is 29.8. The molecular weight excluding hydrogens is 369 g/mol. The van der Waals surface area contributed by atoms with Crippen LogP contribution in [-0.2, 0) is 14.3 Å². The molecule has 2 N–H and O–H groups in total. The minimum atomic E-state index is -3.42. The molecule has 0 aromatic carbocycles. The summed E-state index contributed by atoms with van der Waals surface area (Å²) in [7, 11) is -2.24. The van der Waals surface area contributed by atoms with Gasteiger partial charge in [-0.15, -0.1) is 0 Å². The summed E-state index contributed by atoms with van der Waals surface area (Å²) < 4.78 is 27.0. The molecule has 0 aromatic heterocycles. The number of nitrogens with two attached hydrogens (primary N) is 1. The van der Waals surface area contributed by atoms with Crippen molar-refractivity contribution in [3.8, 4) is 0 Å². The van der Waals surface area contributed by atoms with Crippen LogP contribution in [0.2, 0.25) is 0 Å². The molecule has 0 aliphatic rings. The zero-order chi connectivity index (χ0) is 19.5. The molecule has 0 saturated carbocycles. The van der Waals surface area contributed by atoms with Crippen molar-refractivity contribution in [1.29, 1.82) is 0 Å². The van der Waals surface area contributed by atoms with E-state index in [-0.39, 0.29) is 42.8 Å². The Kier molecular flexibility index (Phi) is 23.5. The van der Waals surface area contributed by atoms with Gasteiger partial charge in [0.25, 0.3) is 10.1 Å². The van der Waals surface area contributed by atoms with Gasteiger partial charge in [0.15, 0.2) is 0 Å². The Labute approximate surface area is 193 Å². The molecule has 158 valence electrons. The van der Waals surface area contributed by atoms with E-state index in [4.69, 9.17) is 5.73 Å². The second-order valence-electron chi connectivity index (χ2n) is 7.38. The monoisotopic (exact) mass is 413 g/mol. The normalized spacial score (nSPS) is 13.0. The van der Waals surface area contributed by atoms with Gasteiger partial charge < -0.3 is 7.16 Å². The number of rotatable bonds is 19. The van der Waals surface area contributed by atoms with Crippen molar-refractivity contribution < 1.29 is 43.6 Å². The van der Waals surface area contributed by atoms with Crippen molar-refractivity contribution in [2.24, 2.45) is 5.73 Å². The zero-order valence-electron chi connectivity index (χ0n) is 19.3. The van der Waals surface area contributed by atoms with Crippen LogP contribution in [0.15, 0.2) is 12.2 Å². The van der Waals surface area contributed by atoms with E-state index < -0.39 is 10.1 Å². The first-order valence-corrected chi connectivity index (χ1v) is 12.3. The van der Waals surface area contributed by atoms with Gasteiger partial charge in [0.05, 0.1) is 12.9 Å². The van der Waals surface area contributed by atoms with Gasteiger partial charge in [-0.3, -0.25) is 4.18 Å². The Hall–Kier alpha value is 0.610. The molecule has 0 heterocycles. The molecule has 0 radical (unpaired) electrons. The summed E-state index contributed by atoms with van der Waals surface area (Å²) >= 11 is 0. The molecule has 0 aliphatic heterocycles. The largest absolute Gasteiger partial charge is 1.00 e. The Morgan fingerprint density at radius 1 is 0.852 bits per heavy atom. The van der Waals surface area contributed by atoms with Crippen molar-refractivity contribution in [1.82, 2.24) is 0 Å². The van der Waals surface area contributed by atoms with Gasteiger partial charge in [0, 0.05) is 6.04 Å². The van der Waals surface area contributed by atoms with E-state index >= 15 is 0 Å². The van der Waals surface area contributed by atoms with Crippen LogP contribution in [0.5, 0.6) is 0 Å². The summed E-state index contributed by atoms with van der Waals surface area (Å²) in [5, 5.41) is 0. The van der Waals surface area contributed by atoms with E-state index in [2.05, 4.69) is 23.3 Å². The fourth-order valence-electron chi connectivity index (χ4n) is 3.07. The Balaban J connectivity index is -0.00000312. The standard InChI is InChI=1S/C21H43NO3S.Na.H/c1-3-4-5-6-7-8-9-10-11-12-13-14-15-16-17-18-19-21(22)20-26(23,24)25-2;;/h10-11,21H,3-9,12-20,22H2,1-2H3;;/q;+1;-1/b11-10-;;. The summed E-state index contributed by atoms with van der Waals surface area (Å²) in [4.78, 5) is 0. The minimum Gasteiger partial charge on any atom is -1.00 e. The maximum atomic E-state index is 11.3. The molecule has 0 spiro atoms. The van der Waals surface area contributed by atoms with E-state index in [0.29, 0.717) is 0 Å². The smallest absolute Gasteiger partial charge is 1.00 e. The second-order valence-corrected chi connectivity index (χ2v) is 9.16. The number of unbranched alkanes of at least 4 members (excludes halogenated alkanes) is 12. The summed E-state index contributed by atoms with van der Waals surface area (Å²) in [6, 6.07) is -0.309. The van der Waals surface area contributed by atoms with Crippen molar-refractivity contribution in [2.75, 3.05) is 12.9 Å². The maximum Gasteiger partial charge on any atom is 1.00 e. The third-order valence-corrected chi connectivity index (χ3v) is 6.10. The van der Waals surface area contributed by atoms with Crippen molar-refractivity contribution >= 4 is 10.1 Å². The Bertz CT molecular complexity index is 433. The van der Waals surface area contributed by atoms with Crippen molar-refractivity contribution in [2.45, 2.75) is 109 Å². The fraction of sp³-hybridized carbons (Fsp3) is 0.905. The topological polar surface area (TPSA) is 69.4 Å². The van der Waals surface area contributed by atoms with Crippen molar-refractivity contribution in [3.05, 3.63) is 12.2 Å². The zero-order valence-corrected chi connectivity index (χ0v) is 21.1. The van der Waals surface area contributed by atoms with Gasteiger partial charge in [0.1, 0.15) is 0 Å². The SMILES string of the molecule is CCCCCCCC/C=C\CCCCCCCCC(N)CS(=O)(=O)OC.[H-].[Na+]. The summed E-state index contributed by atoms with van der Waals surface area (Å²) in [6.45, 7) is 2.26. The number of hydrogen-bond acceptors (Lipinski definition) is 4. The molecule has 0 saturated heterocycles. The first-order chi connectivity index (χ1) is 12.5. The molecule has 0 bridgehead atoms. The molecule has 0 rings (SSSR count). The van der Waals surface area contributed by atoms with Crippen LogP contribution in [-0.4, -0.2) is 27.3 Å². The predicted octanol–water partition coefficient (Wildman–Crippen LogP) is 2.83. The Morgan fingerprint density at radius 2 is 1.30 bits per heavy atom. The van der Waals surface area contributed by atoms with Gasteiger partial charge in [-0.2, -0.15) is 8.42 Å². The third kappa shape index (κ3) is 22.8. The van der Waals surface area contributed by atoms with Gasteiger partial charge in [-0.25, -0.2) is 0 Å². The van der Waals surface area contributed by atoms with E-state index in [9.17, 15) is 8.42 Å². The van der Waals surface area contributed by atoms with Crippen LogP contribution in [0, 0.1) is 0 Å². The van der Waals surface area contributed by atoms with Crippen LogP contribution in [0.4, 0.5) is 0 Å². The Morgan fingerprint density at radius 3 is 1.78 bits per heavy atom. The van der Waals surface area contributed by atoms with Crippen LogP contribution >= 0.6 is 0 Å². The maximum absolute atomic E-state index is 11.3. The molecule has 6 heteroatoms. The van der Waals surface area contributed by atoms with E-state index in [0.717, 1.165) is 19.3 Å². The first-order valence-electron chi connectivity index (χ1n) is 10.7. The third-order valence-electron chi connectivity index (χ3n) is 4.76. The average Bonchev–Trinajstić information content (AvgIpc) is 2.61. The van der Waals surface area contributed by atoms with E-state index in [1.165, 1.54) is 84.2 Å². The fourth-order valence-corrected chi connectivity index (χ4v) is 3.89. The number of allylic oxidation sites excluding steroid dienone is 2. The van der Waals surface area contributed by atoms with Crippen molar-refractivity contribution in [3.63, 3.8) is 0 Å². The molecule has 0 amide bonds. The van der Waals surface area contributed by atoms with Gasteiger partial charge >= 0.3 is 29.6 Å². The summed E-state index contributed by atoms with van der Waals surface area (Å²) in [5.74, 6) is -0.0748. The van der Waals surface area contributed by atoms with Crippen LogP contribution in [0.25, 0.3) is 0 Å². The van der Waals surface area contributed by atoms with Crippen LogP contribution in [0.1, 0.15) is 105 Å². The molecule has 0 aromatic rings. The van der Waals surface area contributed by atoms with Crippen LogP contribution in [0.3, 0.4) is 0 Å². The van der Waals surface area contributed by atoms with E-state index in [1.54, 1.807) is 0 Å². The quantitative estimate of drug-likeness (QED) is 0.153. The molecule has 0 aliphatic carbocycles. The van der Waals surface area contributed by atoms with E-state index in [1.807, 2.05) is 0 Å². The second kappa shape index (κ2) is 21.3. The molecule has 1 atom stereocenters. The summed E-state index contributed by atoms with van der Waals surface area (Å²) in [5.41, 5.74) is 5.83. The molecule has 27 heavy (non-hydrogen) atoms. The van der Waals surface area contributed by atoms with Gasteiger partial charge in [-0.05, 0) is 32.1 Å².